The van der Waals surface area contributed by atoms with Gasteiger partial charge in [0.1, 0.15) is 0 Å². The van der Waals surface area contributed by atoms with E-state index < -0.39 is 0 Å². The van der Waals surface area contributed by atoms with E-state index in [9.17, 15) is 5.11 Å². The summed E-state index contributed by atoms with van der Waals surface area (Å²) in [6.45, 7) is 12.3. The summed E-state index contributed by atoms with van der Waals surface area (Å²) >= 11 is 0. The van der Waals surface area contributed by atoms with Crippen molar-refractivity contribution in [3.63, 3.8) is 0 Å². The van der Waals surface area contributed by atoms with E-state index in [2.05, 4.69) is 79.8 Å². The van der Waals surface area contributed by atoms with Gasteiger partial charge in [-0.3, -0.25) is 4.90 Å². The van der Waals surface area contributed by atoms with Crippen molar-refractivity contribution in [2.75, 3.05) is 13.1 Å². The number of benzene rings is 1. The minimum absolute atomic E-state index is 0.233. The molecular weight excluding hydrogens is 308 g/mol. The van der Waals surface area contributed by atoms with Gasteiger partial charge in [-0.25, -0.2) is 0 Å². The molecule has 2 aromatic rings. The summed E-state index contributed by atoms with van der Waals surface area (Å²) in [5, 5.41) is 10.3. The molecule has 138 valence electrons. The highest BCUT2D eigenvalue weighted by molar-refractivity contribution is 5.26. The highest BCUT2D eigenvalue weighted by Crippen LogP contribution is 2.15. The fourth-order valence-electron chi connectivity index (χ4n) is 3.39. The smallest absolute Gasteiger partial charge is 0.0667 e. The van der Waals surface area contributed by atoms with Crippen molar-refractivity contribution in [2.24, 2.45) is 5.92 Å². The highest BCUT2D eigenvalue weighted by Gasteiger charge is 2.15. The number of aryl methyl sites for hydroxylation is 1. The van der Waals surface area contributed by atoms with Gasteiger partial charge in [-0.15, -0.1) is 0 Å². The largest absolute Gasteiger partial charge is 0.392 e. The Hall–Kier alpha value is -1.58. The zero-order chi connectivity index (χ0) is 18.2. The van der Waals surface area contributed by atoms with Crippen LogP contribution in [0.5, 0.6) is 0 Å². The fraction of sp³-hybridized carbons (Fsp3) is 0.545. The summed E-state index contributed by atoms with van der Waals surface area (Å²) in [7, 11) is 0. The van der Waals surface area contributed by atoms with Gasteiger partial charge in [0, 0.05) is 38.1 Å². The molecule has 3 heteroatoms. The van der Waals surface area contributed by atoms with Crippen molar-refractivity contribution >= 4 is 0 Å². The third kappa shape index (κ3) is 6.33. The number of nitrogens with zero attached hydrogens (tertiary/aromatic N) is 2. The maximum absolute atomic E-state index is 10.3. The number of hydrogen-bond donors (Lipinski definition) is 1. The third-order valence-corrected chi connectivity index (χ3v) is 4.63. The molecule has 0 aliphatic rings. The van der Waals surface area contributed by atoms with Crippen LogP contribution in [0.3, 0.4) is 0 Å². The molecule has 0 bridgehead atoms. The molecule has 0 amide bonds. The molecule has 2 rings (SSSR count). The molecule has 0 aliphatic heterocycles. The second-order valence-electron chi connectivity index (χ2n) is 7.58. The molecule has 0 radical (unpaired) electrons. The Morgan fingerprint density at radius 1 is 1.08 bits per heavy atom. The van der Waals surface area contributed by atoms with Crippen LogP contribution >= 0.6 is 0 Å². The van der Waals surface area contributed by atoms with E-state index in [4.69, 9.17) is 0 Å². The molecule has 0 saturated heterocycles. The van der Waals surface area contributed by atoms with Gasteiger partial charge < -0.3 is 9.67 Å². The van der Waals surface area contributed by atoms with Crippen LogP contribution in [0.1, 0.15) is 50.4 Å². The van der Waals surface area contributed by atoms with Crippen LogP contribution in [0.15, 0.2) is 42.6 Å². The lowest BCUT2D eigenvalue weighted by Gasteiger charge is -2.27. The van der Waals surface area contributed by atoms with Gasteiger partial charge in [0.2, 0.25) is 0 Å². The Bertz CT molecular complexity index is 632. The standard InChI is InChI=1S/C22H34N2O/c1-5-9-22(25)17-23(14-18(2)3)16-21-12-8-13-24(21)15-20-11-7-6-10-19(20)4/h6-8,10-13,18,22,25H,5,9,14-17H2,1-4H3/t22-/m1/s1. The van der Waals surface area contributed by atoms with Crippen molar-refractivity contribution in [3.05, 3.63) is 59.4 Å². The minimum atomic E-state index is -0.233. The van der Waals surface area contributed by atoms with Crippen molar-refractivity contribution in [3.8, 4) is 0 Å². The van der Waals surface area contributed by atoms with Crippen LogP contribution in [0.2, 0.25) is 0 Å². The third-order valence-electron chi connectivity index (χ3n) is 4.63. The Morgan fingerprint density at radius 2 is 1.84 bits per heavy atom. The van der Waals surface area contributed by atoms with Crippen LogP contribution in [-0.4, -0.2) is 33.8 Å². The lowest BCUT2D eigenvalue weighted by molar-refractivity contribution is 0.0932. The molecule has 0 unspecified atom stereocenters. The molecule has 3 nitrogen and oxygen atoms in total. The quantitative estimate of drug-likeness (QED) is 0.690. The predicted molar refractivity (Wildman–Crippen MR) is 106 cm³/mol. The molecular formula is C22H34N2O. The highest BCUT2D eigenvalue weighted by atomic mass is 16.3. The summed E-state index contributed by atoms with van der Waals surface area (Å²) in [5.74, 6) is 0.591. The van der Waals surface area contributed by atoms with E-state index >= 15 is 0 Å². The first kappa shape index (κ1) is 19.7. The van der Waals surface area contributed by atoms with E-state index in [0.717, 1.165) is 39.0 Å². The van der Waals surface area contributed by atoms with Crippen LogP contribution in [0.25, 0.3) is 0 Å². The second kappa shape index (κ2) is 9.79. The zero-order valence-electron chi connectivity index (χ0n) is 16.3. The molecule has 0 fully saturated rings. The van der Waals surface area contributed by atoms with E-state index in [1.54, 1.807) is 0 Å². The number of rotatable bonds is 10. The number of aliphatic hydroxyl groups is 1. The molecule has 1 atom stereocenters. The molecule has 0 aliphatic carbocycles. The van der Waals surface area contributed by atoms with Crippen molar-refractivity contribution < 1.29 is 5.11 Å². The van der Waals surface area contributed by atoms with E-state index in [-0.39, 0.29) is 6.10 Å². The Morgan fingerprint density at radius 3 is 2.52 bits per heavy atom. The summed E-state index contributed by atoms with van der Waals surface area (Å²) in [6.07, 6.45) is 3.83. The number of aromatic nitrogens is 1. The summed E-state index contributed by atoms with van der Waals surface area (Å²) in [4.78, 5) is 2.40. The maximum Gasteiger partial charge on any atom is 0.0667 e. The number of aliphatic hydroxyl groups excluding tert-OH is 1. The van der Waals surface area contributed by atoms with Gasteiger partial charge in [-0.05, 0) is 42.5 Å². The predicted octanol–water partition coefficient (Wildman–Crippen LogP) is 4.46. The molecule has 1 aromatic heterocycles. The van der Waals surface area contributed by atoms with Gasteiger partial charge in [-0.1, -0.05) is 51.5 Å². The molecule has 1 N–H and O–H groups in total. The fourth-order valence-corrected chi connectivity index (χ4v) is 3.39. The molecule has 1 heterocycles. The van der Waals surface area contributed by atoms with E-state index in [1.807, 2.05) is 0 Å². The lowest BCUT2D eigenvalue weighted by atomic mass is 10.1. The van der Waals surface area contributed by atoms with Crippen LogP contribution in [0, 0.1) is 12.8 Å². The van der Waals surface area contributed by atoms with Gasteiger partial charge in [0.05, 0.1) is 6.10 Å². The van der Waals surface area contributed by atoms with Crippen LogP contribution in [-0.2, 0) is 13.1 Å². The van der Waals surface area contributed by atoms with Crippen molar-refractivity contribution in [1.82, 2.24) is 9.47 Å². The van der Waals surface area contributed by atoms with Gasteiger partial charge in [-0.2, -0.15) is 0 Å². The van der Waals surface area contributed by atoms with E-state index in [0.29, 0.717) is 5.92 Å². The zero-order valence-corrected chi connectivity index (χ0v) is 16.3. The Labute approximate surface area is 153 Å². The van der Waals surface area contributed by atoms with Gasteiger partial charge in [0.25, 0.3) is 0 Å². The van der Waals surface area contributed by atoms with Crippen LogP contribution in [0.4, 0.5) is 0 Å². The van der Waals surface area contributed by atoms with Crippen LogP contribution < -0.4 is 0 Å². The summed E-state index contributed by atoms with van der Waals surface area (Å²) in [6, 6.07) is 12.9. The Balaban J connectivity index is 2.09. The van der Waals surface area contributed by atoms with Gasteiger partial charge >= 0.3 is 0 Å². The first-order chi connectivity index (χ1) is 12.0. The number of hydrogen-bond acceptors (Lipinski definition) is 2. The topological polar surface area (TPSA) is 28.4 Å². The first-order valence-corrected chi connectivity index (χ1v) is 9.58. The molecule has 1 aromatic carbocycles. The summed E-state index contributed by atoms with van der Waals surface area (Å²) in [5.41, 5.74) is 4.01. The normalized spacial score (nSPS) is 12.9. The lowest BCUT2D eigenvalue weighted by Crippen LogP contribution is -2.35. The monoisotopic (exact) mass is 342 g/mol. The maximum atomic E-state index is 10.3. The van der Waals surface area contributed by atoms with Crippen molar-refractivity contribution in [2.45, 2.75) is 59.7 Å². The minimum Gasteiger partial charge on any atom is -0.392 e. The second-order valence-corrected chi connectivity index (χ2v) is 7.58. The van der Waals surface area contributed by atoms with Gasteiger partial charge in [0.15, 0.2) is 0 Å². The summed E-state index contributed by atoms with van der Waals surface area (Å²) < 4.78 is 2.34. The van der Waals surface area contributed by atoms with E-state index in [1.165, 1.54) is 16.8 Å². The average molecular weight is 343 g/mol. The molecule has 0 spiro atoms. The molecule has 0 saturated carbocycles. The Kier molecular flexibility index (Phi) is 7.73. The SMILES string of the molecule is CCC[C@@H](O)CN(Cc1cccn1Cc1ccccc1C)CC(C)C. The first-order valence-electron chi connectivity index (χ1n) is 9.58. The van der Waals surface area contributed by atoms with Crippen molar-refractivity contribution in [1.29, 1.82) is 0 Å². The average Bonchev–Trinajstić information content (AvgIpc) is 2.96. The molecule has 25 heavy (non-hydrogen) atoms.